The molecular weight excluding hydrogens is 215 g/mol. The quantitative estimate of drug-likeness (QED) is 0.861. The molecule has 17 heavy (non-hydrogen) atoms. The standard InChI is InChI=1S/C14H15FN2/c1-9-7-12(15)5-6-13(9)14(16)11-4-3-10(2)17-8-11/h3-8,14H,16H2,1-2H3. The maximum atomic E-state index is 13.0. The highest BCUT2D eigenvalue weighted by Crippen LogP contribution is 2.22. The number of pyridine rings is 1. The number of benzene rings is 1. The summed E-state index contributed by atoms with van der Waals surface area (Å²) in [5.74, 6) is -0.236. The van der Waals surface area contributed by atoms with E-state index in [2.05, 4.69) is 4.98 Å². The molecule has 0 saturated heterocycles. The van der Waals surface area contributed by atoms with Crippen molar-refractivity contribution < 1.29 is 4.39 Å². The zero-order chi connectivity index (χ0) is 12.4. The van der Waals surface area contributed by atoms with Crippen molar-refractivity contribution in [3.05, 3.63) is 64.7 Å². The van der Waals surface area contributed by atoms with Gasteiger partial charge in [-0.2, -0.15) is 0 Å². The Morgan fingerprint density at radius 1 is 1.18 bits per heavy atom. The Hall–Kier alpha value is -1.74. The lowest BCUT2D eigenvalue weighted by Crippen LogP contribution is -2.13. The van der Waals surface area contributed by atoms with Crippen LogP contribution in [0.3, 0.4) is 0 Å². The summed E-state index contributed by atoms with van der Waals surface area (Å²) in [7, 11) is 0. The summed E-state index contributed by atoms with van der Waals surface area (Å²) < 4.78 is 13.0. The van der Waals surface area contributed by atoms with Gasteiger partial charge in [-0.05, 0) is 48.7 Å². The lowest BCUT2D eigenvalue weighted by molar-refractivity contribution is 0.624. The van der Waals surface area contributed by atoms with Crippen molar-refractivity contribution in [2.75, 3.05) is 0 Å². The normalized spacial score (nSPS) is 12.5. The van der Waals surface area contributed by atoms with Gasteiger partial charge in [0.2, 0.25) is 0 Å². The Morgan fingerprint density at radius 2 is 1.94 bits per heavy atom. The molecule has 2 N–H and O–H groups in total. The van der Waals surface area contributed by atoms with Crippen molar-refractivity contribution in [3.8, 4) is 0 Å². The number of aryl methyl sites for hydroxylation is 2. The molecule has 0 aliphatic carbocycles. The first-order valence-corrected chi connectivity index (χ1v) is 5.52. The van der Waals surface area contributed by atoms with E-state index in [-0.39, 0.29) is 11.9 Å². The van der Waals surface area contributed by atoms with Crippen molar-refractivity contribution in [3.63, 3.8) is 0 Å². The van der Waals surface area contributed by atoms with Gasteiger partial charge in [-0.3, -0.25) is 4.98 Å². The van der Waals surface area contributed by atoms with Gasteiger partial charge in [-0.25, -0.2) is 4.39 Å². The largest absolute Gasteiger partial charge is 0.320 e. The van der Waals surface area contributed by atoms with Gasteiger partial charge in [0.25, 0.3) is 0 Å². The minimum atomic E-state index is -0.260. The van der Waals surface area contributed by atoms with Crippen LogP contribution in [0.2, 0.25) is 0 Å². The van der Waals surface area contributed by atoms with Gasteiger partial charge in [0.1, 0.15) is 5.82 Å². The van der Waals surface area contributed by atoms with Gasteiger partial charge < -0.3 is 5.73 Å². The predicted molar refractivity (Wildman–Crippen MR) is 66.1 cm³/mol. The van der Waals surface area contributed by atoms with E-state index in [4.69, 9.17) is 5.73 Å². The van der Waals surface area contributed by atoms with Crippen LogP contribution in [0.25, 0.3) is 0 Å². The third-order valence-corrected chi connectivity index (χ3v) is 2.86. The van der Waals surface area contributed by atoms with E-state index >= 15 is 0 Å². The minimum absolute atomic E-state index is 0.236. The van der Waals surface area contributed by atoms with Crippen LogP contribution < -0.4 is 5.73 Å². The van der Waals surface area contributed by atoms with E-state index in [1.807, 2.05) is 26.0 Å². The second-order valence-corrected chi connectivity index (χ2v) is 4.21. The van der Waals surface area contributed by atoms with Crippen molar-refractivity contribution in [2.45, 2.75) is 19.9 Å². The molecule has 2 nitrogen and oxygen atoms in total. The fourth-order valence-electron chi connectivity index (χ4n) is 1.83. The average Bonchev–Trinajstić information content (AvgIpc) is 2.29. The van der Waals surface area contributed by atoms with E-state index in [1.165, 1.54) is 12.1 Å². The molecule has 2 aromatic rings. The molecule has 1 heterocycles. The van der Waals surface area contributed by atoms with Gasteiger partial charge >= 0.3 is 0 Å². The summed E-state index contributed by atoms with van der Waals surface area (Å²) in [5, 5.41) is 0. The van der Waals surface area contributed by atoms with Crippen molar-refractivity contribution in [1.82, 2.24) is 4.98 Å². The van der Waals surface area contributed by atoms with E-state index in [1.54, 1.807) is 12.3 Å². The molecule has 0 aliphatic heterocycles. The Morgan fingerprint density at radius 3 is 2.53 bits per heavy atom. The van der Waals surface area contributed by atoms with Crippen LogP contribution >= 0.6 is 0 Å². The molecule has 1 aromatic heterocycles. The van der Waals surface area contributed by atoms with E-state index in [0.29, 0.717) is 0 Å². The van der Waals surface area contributed by atoms with Crippen LogP contribution in [-0.2, 0) is 0 Å². The number of halogens is 1. The Balaban J connectivity index is 2.36. The zero-order valence-electron chi connectivity index (χ0n) is 9.94. The summed E-state index contributed by atoms with van der Waals surface area (Å²) in [5.41, 5.74) is 9.83. The summed E-state index contributed by atoms with van der Waals surface area (Å²) in [6.07, 6.45) is 1.77. The molecular formula is C14H15FN2. The fourth-order valence-corrected chi connectivity index (χ4v) is 1.83. The number of hydrogen-bond acceptors (Lipinski definition) is 2. The predicted octanol–water partition coefficient (Wildman–Crippen LogP) is 2.89. The van der Waals surface area contributed by atoms with Crippen molar-refractivity contribution >= 4 is 0 Å². The van der Waals surface area contributed by atoms with Crippen LogP contribution in [0.5, 0.6) is 0 Å². The van der Waals surface area contributed by atoms with Crippen LogP contribution in [0.1, 0.15) is 28.4 Å². The number of hydrogen-bond donors (Lipinski definition) is 1. The molecule has 0 spiro atoms. The highest BCUT2D eigenvalue weighted by Gasteiger charge is 2.12. The topological polar surface area (TPSA) is 38.9 Å². The zero-order valence-corrected chi connectivity index (χ0v) is 9.94. The molecule has 1 atom stereocenters. The van der Waals surface area contributed by atoms with Gasteiger partial charge in [0.15, 0.2) is 0 Å². The highest BCUT2D eigenvalue weighted by molar-refractivity contribution is 5.36. The van der Waals surface area contributed by atoms with Gasteiger partial charge in [0.05, 0.1) is 6.04 Å². The Labute approximate surface area is 100 Å². The van der Waals surface area contributed by atoms with Crippen LogP contribution in [0.4, 0.5) is 4.39 Å². The van der Waals surface area contributed by atoms with Crippen LogP contribution in [0.15, 0.2) is 36.5 Å². The first-order valence-electron chi connectivity index (χ1n) is 5.52. The molecule has 1 unspecified atom stereocenters. The smallest absolute Gasteiger partial charge is 0.123 e. The lowest BCUT2D eigenvalue weighted by Gasteiger charge is -2.15. The van der Waals surface area contributed by atoms with Crippen molar-refractivity contribution in [1.29, 1.82) is 0 Å². The molecule has 2 rings (SSSR count). The summed E-state index contributed by atoms with van der Waals surface area (Å²) in [4.78, 5) is 4.22. The Kier molecular flexibility index (Phi) is 3.20. The monoisotopic (exact) mass is 230 g/mol. The van der Waals surface area contributed by atoms with Gasteiger partial charge in [-0.15, -0.1) is 0 Å². The fraction of sp³-hybridized carbons (Fsp3) is 0.214. The second kappa shape index (κ2) is 4.63. The molecule has 0 saturated carbocycles. The van der Waals surface area contributed by atoms with E-state index in [9.17, 15) is 4.39 Å². The molecule has 3 heteroatoms. The summed E-state index contributed by atoms with van der Waals surface area (Å²) in [6.45, 7) is 3.79. The van der Waals surface area contributed by atoms with Gasteiger partial charge in [-0.1, -0.05) is 12.1 Å². The summed E-state index contributed by atoms with van der Waals surface area (Å²) >= 11 is 0. The van der Waals surface area contributed by atoms with E-state index in [0.717, 1.165) is 22.4 Å². The van der Waals surface area contributed by atoms with Crippen LogP contribution in [0, 0.1) is 19.7 Å². The molecule has 0 amide bonds. The SMILES string of the molecule is Cc1ccc(C(N)c2ccc(F)cc2C)cn1. The number of rotatable bonds is 2. The maximum Gasteiger partial charge on any atom is 0.123 e. The molecule has 0 fully saturated rings. The first kappa shape index (κ1) is 11.7. The molecule has 0 bridgehead atoms. The third kappa shape index (κ3) is 2.50. The number of nitrogens with zero attached hydrogens (tertiary/aromatic N) is 1. The third-order valence-electron chi connectivity index (χ3n) is 2.86. The molecule has 0 radical (unpaired) electrons. The first-order chi connectivity index (χ1) is 8.08. The van der Waals surface area contributed by atoms with E-state index < -0.39 is 0 Å². The summed E-state index contributed by atoms with van der Waals surface area (Å²) in [6, 6.07) is 8.28. The van der Waals surface area contributed by atoms with Crippen LogP contribution in [-0.4, -0.2) is 4.98 Å². The second-order valence-electron chi connectivity index (χ2n) is 4.21. The highest BCUT2D eigenvalue weighted by atomic mass is 19.1. The average molecular weight is 230 g/mol. The lowest BCUT2D eigenvalue weighted by atomic mass is 9.97. The maximum absolute atomic E-state index is 13.0. The molecule has 1 aromatic carbocycles. The number of aromatic nitrogens is 1. The minimum Gasteiger partial charge on any atom is -0.320 e. The number of nitrogens with two attached hydrogens (primary N) is 1. The molecule has 0 aliphatic rings. The van der Waals surface area contributed by atoms with Gasteiger partial charge in [0, 0.05) is 11.9 Å². The Bertz CT molecular complexity index is 520. The van der Waals surface area contributed by atoms with Crippen molar-refractivity contribution in [2.24, 2.45) is 5.73 Å². The molecule has 88 valence electrons.